The molecule has 0 bridgehead atoms. The molecule has 1 heterocycles. The molecule has 2 aliphatic rings. The Morgan fingerprint density at radius 2 is 2.00 bits per heavy atom. The number of likely N-dealkylation sites (tertiary alicyclic amines) is 1. The molecule has 7 heteroatoms. The first kappa shape index (κ1) is 16.2. The largest absolute Gasteiger partial charge is 0.335 e. The predicted octanol–water partition coefficient (Wildman–Crippen LogP) is 0.0671. The number of nitrogens with zero attached hydrogens (tertiary/aromatic N) is 1. The van der Waals surface area contributed by atoms with Crippen LogP contribution in [0.3, 0.4) is 0 Å². The van der Waals surface area contributed by atoms with Gasteiger partial charge in [-0.15, -0.1) is 12.4 Å². The highest BCUT2D eigenvalue weighted by Crippen LogP contribution is 2.18. The van der Waals surface area contributed by atoms with Crippen molar-refractivity contribution >= 4 is 24.3 Å². The SMILES string of the molecule is Cl.NCC1CCCN(CC(=O)NC(=O)NC2CC2)C1. The number of nitrogens with one attached hydrogen (secondary N) is 2. The highest BCUT2D eigenvalue weighted by Gasteiger charge is 2.25. The zero-order chi connectivity index (χ0) is 13.0. The summed E-state index contributed by atoms with van der Waals surface area (Å²) in [4.78, 5) is 25.1. The summed E-state index contributed by atoms with van der Waals surface area (Å²) in [6.45, 7) is 2.72. The lowest BCUT2D eigenvalue weighted by molar-refractivity contribution is -0.121. The van der Waals surface area contributed by atoms with Gasteiger partial charge in [-0.3, -0.25) is 15.0 Å². The summed E-state index contributed by atoms with van der Waals surface area (Å²) in [6.07, 6.45) is 4.25. The highest BCUT2D eigenvalue weighted by molar-refractivity contribution is 5.95. The topological polar surface area (TPSA) is 87.5 Å². The Hall–Kier alpha value is -0.850. The van der Waals surface area contributed by atoms with Crippen molar-refractivity contribution in [1.29, 1.82) is 0 Å². The standard InChI is InChI=1S/C12H22N4O2.ClH/c13-6-9-2-1-5-16(7-9)8-11(17)15-12(18)14-10-3-4-10;/h9-10H,1-8,13H2,(H2,14,15,17,18);1H. The minimum atomic E-state index is -0.366. The van der Waals surface area contributed by atoms with Crippen LogP contribution in [-0.2, 0) is 4.79 Å². The third kappa shape index (κ3) is 5.76. The fourth-order valence-electron chi connectivity index (χ4n) is 2.31. The van der Waals surface area contributed by atoms with Crippen molar-refractivity contribution in [2.75, 3.05) is 26.2 Å². The predicted molar refractivity (Wildman–Crippen MR) is 75.2 cm³/mol. The van der Waals surface area contributed by atoms with E-state index in [-0.39, 0.29) is 36.9 Å². The number of hydrogen-bond acceptors (Lipinski definition) is 4. The van der Waals surface area contributed by atoms with E-state index in [4.69, 9.17) is 5.73 Å². The van der Waals surface area contributed by atoms with E-state index in [1.54, 1.807) is 0 Å². The van der Waals surface area contributed by atoms with Crippen LogP contribution in [-0.4, -0.2) is 49.1 Å². The van der Waals surface area contributed by atoms with Crippen LogP contribution in [0, 0.1) is 5.92 Å². The maximum Gasteiger partial charge on any atom is 0.321 e. The van der Waals surface area contributed by atoms with Crippen LogP contribution in [0.1, 0.15) is 25.7 Å². The second kappa shape index (κ2) is 7.67. The molecule has 110 valence electrons. The zero-order valence-electron chi connectivity index (χ0n) is 11.1. The van der Waals surface area contributed by atoms with E-state index in [0.717, 1.165) is 38.8 Å². The number of rotatable bonds is 4. The highest BCUT2D eigenvalue weighted by atomic mass is 35.5. The number of imide groups is 1. The lowest BCUT2D eigenvalue weighted by Gasteiger charge is -2.31. The molecule has 0 aromatic carbocycles. The molecule has 1 aliphatic carbocycles. The van der Waals surface area contributed by atoms with Gasteiger partial charge in [0, 0.05) is 12.6 Å². The van der Waals surface area contributed by atoms with Gasteiger partial charge in [0.25, 0.3) is 0 Å². The van der Waals surface area contributed by atoms with E-state index in [9.17, 15) is 9.59 Å². The summed E-state index contributed by atoms with van der Waals surface area (Å²) in [5.41, 5.74) is 5.65. The average Bonchev–Trinajstić information content (AvgIpc) is 3.12. The third-order valence-corrected chi connectivity index (χ3v) is 3.47. The van der Waals surface area contributed by atoms with Crippen molar-refractivity contribution in [1.82, 2.24) is 15.5 Å². The molecule has 0 aromatic heterocycles. The number of urea groups is 1. The van der Waals surface area contributed by atoms with Crippen molar-refractivity contribution in [3.05, 3.63) is 0 Å². The molecule has 2 fully saturated rings. The maximum absolute atomic E-state index is 11.7. The van der Waals surface area contributed by atoms with Gasteiger partial charge in [-0.1, -0.05) is 0 Å². The smallest absolute Gasteiger partial charge is 0.321 e. The fourth-order valence-corrected chi connectivity index (χ4v) is 2.31. The second-order valence-corrected chi connectivity index (χ2v) is 5.27. The van der Waals surface area contributed by atoms with E-state index in [2.05, 4.69) is 15.5 Å². The molecule has 6 nitrogen and oxygen atoms in total. The second-order valence-electron chi connectivity index (χ2n) is 5.27. The number of hydrogen-bond donors (Lipinski definition) is 3. The summed E-state index contributed by atoms with van der Waals surface area (Å²) >= 11 is 0. The van der Waals surface area contributed by atoms with Gasteiger partial charge in [0.15, 0.2) is 0 Å². The van der Waals surface area contributed by atoms with Crippen molar-refractivity contribution in [3.63, 3.8) is 0 Å². The van der Waals surface area contributed by atoms with Crippen LogP contribution in [0.4, 0.5) is 4.79 Å². The summed E-state index contributed by atoms with van der Waals surface area (Å²) in [6, 6.07) is -0.0932. The summed E-state index contributed by atoms with van der Waals surface area (Å²) in [5.74, 6) is 0.248. The van der Waals surface area contributed by atoms with Gasteiger partial charge in [0.2, 0.25) is 5.91 Å². The molecule has 0 spiro atoms. The average molecular weight is 291 g/mol. The molecule has 1 saturated carbocycles. The molecule has 4 N–H and O–H groups in total. The number of nitrogens with two attached hydrogens (primary N) is 1. The van der Waals surface area contributed by atoms with E-state index >= 15 is 0 Å². The molecule has 2 rings (SSSR count). The number of amides is 3. The van der Waals surface area contributed by atoms with Gasteiger partial charge in [-0.2, -0.15) is 0 Å². The lowest BCUT2D eigenvalue weighted by atomic mass is 9.98. The molecule has 1 saturated heterocycles. The van der Waals surface area contributed by atoms with Gasteiger partial charge in [-0.25, -0.2) is 4.79 Å². The van der Waals surface area contributed by atoms with Crippen LogP contribution in [0.5, 0.6) is 0 Å². The molecule has 19 heavy (non-hydrogen) atoms. The monoisotopic (exact) mass is 290 g/mol. The van der Waals surface area contributed by atoms with Crippen LogP contribution >= 0.6 is 12.4 Å². The van der Waals surface area contributed by atoms with Gasteiger partial charge >= 0.3 is 6.03 Å². The van der Waals surface area contributed by atoms with Gasteiger partial charge < -0.3 is 11.1 Å². The van der Waals surface area contributed by atoms with Crippen LogP contribution < -0.4 is 16.4 Å². The number of piperidine rings is 1. The summed E-state index contributed by atoms with van der Waals surface area (Å²) in [7, 11) is 0. The van der Waals surface area contributed by atoms with Gasteiger partial charge in [0.1, 0.15) is 0 Å². The van der Waals surface area contributed by atoms with Crippen molar-refractivity contribution < 1.29 is 9.59 Å². The Morgan fingerprint density at radius 3 is 2.63 bits per heavy atom. The molecule has 1 atom stereocenters. The van der Waals surface area contributed by atoms with Crippen LogP contribution in [0.2, 0.25) is 0 Å². The molecule has 1 unspecified atom stereocenters. The summed E-state index contributed by atoms with van der Waals surface area (Å²) < 4.78 is 0. The van der Waals surface area contributed by atoms with E-state index in [1.807, 2.05) is 0 Å². The molecule has 0 aromatic rings. The van der Waals surface area contributed by atoms with Crippen LogP contribution in [0.25, 0.3) is 0 Å². The molecule has 1 aliphatic heterocycles. The normalized spacial score (nSPS) is 23.3. The molecular weight excluding hydrogens is 268 g/mol. The van der Waals surface area contributed by atoms with Crippen molar-refractivity contribution in [2.24, 2.45) is 11.7 Å². The van der Waals surface area contributed by atoms with E-state index in [0.29, 0.717) is 12.5 Å². The van der Waals surface area contributed by atoms with Crippen molar-refractivity contribution in [2.45, 2.75) is 31.7 Å². The third-order valence-electron chi connectivity index (χ3n) is 3.47. The molecule has 3 amide bonds. The Bertz CT molecular complexity index is 323. The minimum Gasteiger partial charge on any atom is -0.335 e. The fraction of sp³-hybridized carbons (Fsp3) is 0.833. The Labute approximate surface area is 119 Å². The Morgan fingerprint density at radius 1 is 1.26 bits per heavy atom. The lowest BCUT2D eigenvalue weighted by Crippen LogP contribution is -2.47. The first-order valence-electron chi connectivity index (χ1n) is 6.70. The molecule has 0 radical (unpaired) electrons. The number of carbonyl (C=O) groups is 2. The first-order chi connectivity index (χ1) is 8.67. The Kier molecular flexibility index (Phi) is 6.54. The maximum atomic E-state index is 11.7. The van der Waals surface area contributed by atoms with Crippen molar-refractivity contribution in [3.8, 4) is 0 Å². The minimum absolute atomic E-state index is 0. The van der Waals surface area contributed by atoms with E-state index < -0.39 is 0 Å². The number of carbonyl (C=O) groups excluding carboxylic acids is 2. The number of halogens is 1. The van der Waals surface area contributed by atoms with E-state index in [1.165, 1.54) is 0 Å². The first-order valence-corrected chi connectivity index (χ1v) is 6.70. The zero-order valence-corrected chi connectivity index (χ0v) is 11.9. The van der Waals surface area contributed by atoms with Gasteiger partial charge in [0.05, 0.1) is 6.54 Å². The van der Waals surface area contributed by atoms with Gasteiger partial charge in [-0.05, 0) is 44.7 Å². The quantitative estimate of drug-likeness (QED) is 0.684. The van der Waals surface area contributed by atoms with Crippen LogP contribution in [0.15, 0.2) is 0 Å². The molecular formula is C12H23ClN4O2. The summed E-state index contributed by atoms with van der Waals surface area (Å²) in [5, 5.41) is 5.10. The Balaban J connectivity index is 0.00000180.